The van der Waals surface area contributed by atoms with E-state index in [0.717, 1.165) is 27.9 Å². The second-order valence-electron chi connectivity index (χ2n) is 15.2. The van der Waals surface area contributed by atoms with E-state index in [4.69, 9.17) is 14.2 Å². The summed E-state index contributed by atoms with van der Waals surface area (Å²) >= 11 is 1.57. The third-order valence-corrected chi connectivity index (χ3v) is 11.9. The zero-order chi connectivity index (χ0) is 42.1. The van der Waals surface area contributed by atoms with Crippen molar-refractivity contribution in [2.75, 3.05) is 46.7 Å². The molecule has 3 heterocycles. The maximum atomic E-state index is 13.6. The average molecular weight is 825 g/mol. The highest BCUT2D eigenvalue weighted by molar-refractivity contribution is 7.99. The van der Waals surface area contributed by atoms with E-state index in [-0.39, 0.29) is 48.0 Å². The molecule has 6 rings (SSSR count). The Kier molecular flexibility index (Phi) is 14.4. The molecule has 5 atom stereocenters. The van der Waals surface area contributed by atoms with E-state index >= 15 is 0 Å². The van der Waals surface area contributed by atoms with Crippen molar-refractivity contribution in [3.8, 4) is 22.4 Å². The smallest absolute Gasteiger partial charge is 0.410 e. The molecule has 2 aliphatic heterocycles. The summed E-state index contributed by atoms with van der Waals surface area (Å²) in [5.41, 5.74) is 4.95. The highest BCUT2D eigenvalue weighted by Gasteiger charge is 2.43. The third-order valence-electron chi connectivity index (χ3n) is 10.9. The van der Waals surface area contributed by atoms with E-state index in [1.54, 1.807) is 42.1 Å². The normalized spacial score (nSPS) is 19.4. The Morgan fingerprint density at radius 2 is 1.56 bits per heavy atom. The van der Waals surface area contributed by atoms with Crippen molar-refractivity contribution in [2.45, 2.75) is 56.7 Å². The van der Waals surface area contributed by atoms with Crippen molar-refractivity contribution in [3.63, 3.8) is 0 Å². The number of ether oxygens (including phenoxy) is 3. The van der Waals surface area contributed by atoms with Crippen molar-refractivity contribution in [1.29, 1.82) is 0 Å². The first-order valence-corrected chi connectivity index (χ1v) is 21.0. The topological polar surface area (TPSA) is 172 Å². The van der Waals surface area contributed by atoms with E-state index in [1.807, 2.05) is 86.8 Å². The summed E-state index contributed by atoms with van der Waals surface area (Å²) < 4.78 is 15.8. The number of alkyl carbamates (subject to hydrolysis) is 1. The third kappa shape index (κ3) is 10.5. The monoisotopic (exact) mass is 824 g/mol. The molecule has 59 heavy (non-hydrogen) atoms. The van der Waals surface area contributed by atoms with Gasteiger partial charge in [0.15, 0.2) is 5.78 Å². The molecule has 3 aromatic carbocycles. The number of ketones is 1. The Hall–Kier alpha value is -5.67. The number of hydrogen-bond acceptors (Lipinski definition) is 10. The van der Waals surface area contributed by atoms with E-state index in [2.05, 4.69) is 20.6 Å². The number of aromatic nitrogens is 2. The molecule has 1 aromatic heterocycles. The van der Waals surface area contributed by atoms with Crippen LogP contribution < -0.4 is 10.6 Å². The first kappa shape index (κ1) is 42.9. The second kappa shape index (κ2) is 19.9. The predicted octanol–water partition coefficient (Wildman–Crippen LogP) is 6.10. The van der Waals surface area contributed by atoms with Crippen molar-refractivity contribution >= 4 is 41.5 Å². The first-order valence-electron chi connectivity index (χ1n) is 19.7. The minimum Gasteiger partial charge on any atom is -0.453 e. The number of thioether (sulfide) groups is 1. The summed E-state index contributed by atoms with van der Waals surface area (Å²) in [6.07, 6.45) is 3.72. The Balaban J connectivity index is 1.05. The van der Waals surface area contributed by atoms with E-state index in [9.17, 15) is 24.0 Å². The second-order valence-corrected chi connectivity index (χ2v) is 16.3. The van der Waals surface area contributed by atoms with Crippen LogP contribution in [0.2, 0.25) is 0 Å². The molecule has 2 fully saturated rings. The van der Waals surface area contributed by atoms with Crippen LogP contribution in [0.4, 0.5) is 9.59 Å². The van der Waals surface area contributed by atoms with Crippen LogP contribution in [0.3, 0.4) is 0 Å². The van der Waals surface area contributed by atoms with Gasteiger partial charge < -0.3 is 34.7 Å². The Morgan fingerprint density at radius 1 is 0.881 bits per heavy atom. The summed E-state index contributed by atoms with van der Waals surface area (Å²) in [6, 6.07) is 22.8. The fourth-order valence-corrected chi connectivity index (χ4v) is 8.30. The number of imidazole rings is 1. The number of aromatic amines is 1. The van der Waals surface area contributed by atoms with Gasteiger partial charge in [-0.3, -0.25) is 19.3 Å². The summed E-state index contributed by atoms with van der Waals surface area (Å²) in [6.45, 7) is 4.97. The largest absolute Gasteiger partial charge is 0.453 e. The number of likely N-dealkylation sites (tertiary alicyclic amines) is 2. The van der Waals surface area contributed by atoms with Crippen LogP contribution in [0.15, 0.2) is 85.1 Å². The lowest BCUT2D eigenvalue weighted by Gasteiger charge is -2.30. The molecule has 4 aromatic rings. The van der Waals surface area contributed by atoms with Gasteiger partial charge in [-0.25, -0.2) is 14.6 Å². The van der Waals surface area contributed by atoms with Crippen molar-refractivity contribution in [1.82, 2.24) is 30.4 Å². The Labute approximate surface area is 348 Å². The molecule has 0 bridgehead atoms. The Bertz CT molecular complexity index is 2080. The van der Waals surface area contributed by atoms with Gasteiger partial charge in [0.25, 0.3) is 0 Å². The molecule has 312 valence electrons. The van der Waals surface area contributed by atoms with Crippen LogP contribution in [0.5, 0.6) is 0 Å². The molecule has 0 spiro atoms. The fraction of sp³-hybridized carbons (Fsp3) is 0.409. The highest BCUT2D eigenvalue weighted by Crippen LogP contribution is 2.36. The molecular formula is C44H52N6O8S. The SMILES string of the molecule is COC[C@H]1C[C@@H](c2ncc(-c3ccc(-c4ccc(C(=O)CNC(=O)[C@@H]5C[C@H](SC)CN5C(=O)[C@@H](NC(=O)OC)C(C)C)cc4)cc3)[nH]2)N(C(=O)OCc2ccccc2)C1. The number of amides is 4. The molecule has 15 heteroatoms. The summed E-state index contributed by atoms with van der Waals surface area (Å²) in [4.78, 5) is 76.7. The van der Waals surface area contributed by atoms with Gasteiger partial charge in [-0.1, -0.05) is 92.7 Å². The van der Waals surface area contributed by atoms with Gasteiger partial charge in [0.05, 0.1) is 38.2 Å². The van der Waals surface area contributed by atoms with E-state index in [0.29, 0.717) is 43.9 Å². The van der Waals surface area contributed by atoms with Gasteiger partial charge in [0.1, 0.15) is 24.5 Å². The van der Waals surface area contributed by atoms with E-state index in [1.165, 1.54) is 12.0 Å². The van der Waals surface area contributed by atoms with Gasteiger partial charge in [-0.05, 0) is 47.3 Å². The van der Waals surface area contributed by atoms with Crippen LogP contribution in [0, 0.1) is 11.8 Å². The van der Waals surface area contributed by atoms with Gasteiger partial charge in [-0.15, -0.1) is 0 Å². The van der Waals surface area contributed by atoms with Crippen LogP contribution in [0.1, 0.15) is 54.5 Å². The van der Waals surface area contributed by atoms with Crippen molar-refractivity contribution in [3.05, 3.63) is 102 Å². The molecule has 2 aliphatic rings. The molecule has 0 unspecified atom stereocenters. The number of hydrogen-bond donors (Lipinski definition) is 3. The van der Waals surface area contributed by atoms with Gasteiger partial charge in [0, 0.05) is 36.9 Å². The molecule has 2 saturated heterocycles. The molecule has 0 aliphatic carbocycles. The van der Waals surface area contributed by atoms with Gasteiger partial charge in [0.2, 0.25) is 11.8 Å². The number of H-pyrrole nitrogens is 1. The predicted molar refractivity (Wildman–Crippen MR) is 224 cm³/mol. The van der Waals surface area contributed by atoms with Gasteiger partial charge in [-0.2, -0.15) is 11.8 Å². The van der Waals surface area contributed by atoms with Crippen LogP contribution in [-0.4, -0.2) is 114 Å². The molecule has 0 radical (unpaired) electrons. The number of Topliss-reactive ketones (excluding diaryl/α,β-unsaturated/α-hetero) is 1. The lowest BCUT2D eigenvalue weighted by molar-refractivity contribution is -0.140. The molecule has 0 saturated carbocycles. The number of nitrogens with zero attached hydrogens (tertiary/aromatic N) is 3. The minimum atomic E-state index is -0.861. The number of carbonyl (C=O) groups excluding carboxylic acids is 5. The van der Waals surface area contributed by atoms with E-state index < -0.39 is 30.2 Å². The van der Waals surface area contributed by atoms with Crippen molar-refractivity contribution in [2.24, 2.45) is 11.8 Å². The molecule has 4 amide bonds. The lowest BCUT2D eigenvalue weighted by atomic mass is 10.0. The van der Waals surface area contributed by atoms with Gasteiger partial charge >= 0.3 is 12.2 Å². The number of nitrogens with one attached hydrogen (secondary N) is 3. The first-order chi connectivity index (χ1) is 28.5. The highest BCUT2D eigenvalue weighted by atomic mass is 32.2. The zero-order valence-corrected chi connectivity index (χ0v) is 34.8. The van der Waals surface area contributed by atoms with Crippen LogP contribution >= 0.6 is 11.8 Å². The summed E-state index contributed by atoms with van der Waals surface area (Å²) in [5, 5.41) is 5.37. The lowest BCUT2D eigenvalue weighted by Crippen LogP contribution is -2.55. The molecular weight excluding hydrogens is 773 g/mol. The fourth-order valence-electron chi connectivity index (χ4n) is 7.61. The number of benzene rings is 3. The van der Waals surface area contributed by atoms with Crippen LogP contribution in [-0.2, 0) is 30.4 Å². The van der Waals surface area contributed by atoms with Crippen molar-refractivity contribution < 1.29 is 38.2 Å². The Morgan fingerprint density at radius 3 is 2.20 bits per heavy atom. The van der Waals surface area contributed by atoms with Crippen LogP contribution in [0.25, 0.3) is 22.4 Å². The number of methoxy groups -OCH3 is 2. The molecule has 3 N–H and O–H groups in total. The summed E-state index contributed by atoms with van der Waals surface area (Å²) in [5.74, 6) is -0.447. The summed E-state index contributed by atoms with van der Waals surface area (Å²) in [7, 11) is 2.89. The maximum Gasteiger partial charge on any atom is 0.410 e. The quantitative estimate of drug-likeness (QED) is 0.119. The molecule has 14 nitrogen and oxygen atoms in total. The maximum absolute atomic E-state index is 13.6. The zero-order valence-electron chi connectivity index (χ0n) is 34.0. The minimum absolute atomic E-state index is 0.0372. The average Bonchev–Trinajstić information content (AvgIpc) is 4.03. The standard InChI is InChI=1S/C44H52N6O8S/c1-27(2)39(48-43(54)57-4)42(53)49-24-34(59-5)20-37(49)41(52)46-22-38(51)33-17-13-31(14-18-33)30-11-15-32(16-12-30)35-21-45-40(47-35)36-19-29(25-56-3)23-50(36)44(55)58-26-28-9-7-6-8-10-28/h6-18,21,27,29,34,36-37,39H,19-20,22-26H2,1-5H3,(H,45,47)(H,46,52)(H,48,54)/t29-,34-,36-,37-,39-/m0/s1. The number of rotatable bonds is 15. The number of carbonyl (C=O) groups is 5.